The summed E-state index contributed by atoms with van der Waals surface area (Å²) in [5.41, 5.74) is 4.85. The first-order valence-electron chi connectivity index (χ1n) is 5.22. The van der Waals surface area contributed by atoms with Crippen LogP contribution in [0.2, 0.25) is 0 Å². The highest BCUT2D eigenvalue weighted by molar-refractivity contribution is 5.82. The molecule has 0 spiro atoms. The Kier molecular flexibility index (Phi) is 2.45. The van der Waals surface area contributed by atoms with Gasteiger partial charge in [0.2, 0.25) is 5.91 Å². The van der Waals surface area contributed by atoms with Gasteiger partial charge in [0, 0.05) is 11.3 Å². The molecule has 2 rings (SSSR count). The van der Waals surface area contributed by atoms with Gasteiger partial charge >= 0.3 is 6.18 Å². The SMILES string of the molecule is CC1(c2ccc(C(F)(F)F)cc2)CC1C(N)=O. The van der Waals surface area contributed by atoms with Crippen molar-refractivity contribution in [1.82, 2.24) is 0 Å². The van der Waals surface area contributed by atoms with Gasteiger partial charge in [0.15, 0.2) is 0 Å². The summed E-state index contributed by atoms with van der Waals surface area (Å²) < 4.78 is 37.1. The highest BCUT2D eigenvalue weighted by atomic mass is 19.4. The van der Waals surface area contributed by atoms with Crippen LogP contribution in [0.5, 0.6) is 0 Å². The maximum absolute atomic E-state index is 12.4. The topological polar surface area (TPSA) is 43.1 Å². The second-order valence-corrected chi connectivity index (χ2v) is 4.65. The maximum Gasteiger partial charge on any atom is 0.416 e. The molecule has 0 radical (unpaired) electrons. The van der Waals surface area contributed by atoms with Gasteiger partial charge in [-0.1, -0.05) is 19.1 Å². The molecule has 1 aliphatic rings. The summed E-state index contributed by atoms with van der Waals surface area (Å²) in [6.07, 6.45) is -3.72. The van der Waals surface area contributed by atoms with Gasteiger partial charge in [-0.05, 0) is 24.1 Å². The Morgan fingerprint density at radius 1 is 1.35 bits per heavy atom. The minimum absolute atomic E-state index is 0.265. The smallest absolute Gasteiger partial charge is 0.369 e. The summed E-state index contributed by atoms with van der Waals surface area (Å²) in [6.45, 7) is 1.84. The molecule has 2 atom stereocenters. The Balaban J connectivity index is 2.23. The third-order valence-electron chi connectivity index (χ3n) is 3.45. The molecule has 0 heterocycles. The van der Waals surface area contributed by atoms with Gasteiger partial charge in [-0.3, -0.25) is 4.79 Å². The number of amides is 1. The van der Waals surface area contributed by atoms with E-state index in [9.17, 15) is 18.0 Å². The molecule has 0 bridgehead atoms. The molecule has 2 nitrogen and oxygen atoms in total. The summed E-state index contributed by atoms with van der Waals surface area (Å²) >= 11 is 0. The number of carbonyl (C=O) groups excluding carboxylic acids is 1. The van der Waals surface area contributed by atoms with E-state index < -0.39 is 23.1 Å². The van der Waals surface area contributed by atoms with E-state index in [1.165, 1.54) is 12.1 Å². The van der Waals surface area contributed by atoms with Gasteiger partial charge in [-0.25, -0.2) is 0 Å². The second-order valence-electron chi connectivity index (χ2n) is 4.65. The first kappa shape index (κ1) is 12.0. The Labute approximate surface area is 96.6 Å². The Morgan fingerprint density at radius 3 is 2.24 bits per heavy atom. The minimum atomic E-state index is -4.33. The monoisotopic (exact) mass is 243 g/mol. The van der Waals surface area contributed by atoms with Crippen molar-refractivity contribution in [3.63, 3.8) is 0 Å². The molecule has 1 fully saturated rings. The maximum atomic E-state index is 12.4. The van der Waals surface area contributed by atoms with E-state index in [0.717, 1.165) is 17.7 Å². The quantitative estimate of drug-likeness (QED) is 0.851. The van der Waals surface area contributed by atoms with Crippen LogP contribution in [0, 0.1) is 5.92 Å². The van der Waals surface area contributed by atoms with Crippen LogP contribution in [-0.4, -0.2) is 5.91 Å². The summed E-state index contributed by atoms with van der Waals surface area (Å²) in [4.78, 5) is 11.0. The molecule has 1 amide bonds. The number of nitrogens with two attached hydrogens (primary N) is 1. The van der Waals surface area contributed by atoms with Gasteiger partial charge in [0.1, 0.15) is 0 Å². The van der Waals surface area contributed by atoms with Crippen LogP contribution < -0.4 is 5.73 Å². The summed E-state index contributed by atoms with van der Waals surface area (Å²) in [6, 6.07) is 4.92. The fraction of sp³-hybridized carbons (Fsp3) is 0.417. The molecule has 92 valence electrons. The van der Waals surface area contributed by atoms with Crippen molar-refractivity contribution in [2.45, 2.75) is 24.9 Å². The molecule has 2 N–H and O–H groups in total. The molecule has 1 aromatic rings. The molecule has 0 saturated heterocycles. The number of carbonyl (C=O) groups is 1. The van der Waals surface area contributed by atoms with Crippen molar-refractivity contribution >= 4 is 5.91 Å². The predicted octanol–water partition coefficient (Wildman–Crippen LogP) is 2.47. The number of halogens is 3. The van der Waals surface area contributed by atoms with Crippen molar-refractivity contribution in [1.29, 1.82) is 0 Å². The Hall–Kier alpha value is -1.52. The van der Waals surface area contributed by atoms with Crippen LogP contribution in [0.1, 0.15) is 24.5 Å². The second kappa shape index (κ2) is 3.48. The number of hydrogen-bond acceptors (Lipinski definition) is 1. The van der Waals surface area contributed by atoms with Crippen LogP contribution in [0.4, 0.5) is 13.2 Å². The number of primary amides is 1. The molecular formula is C12H12F3NO. The van der Waals surface area contributed by atoms with Gasteiger partial charge in [0.25, 0.3) is 0 Å². The molecule has 1 aliphatic carbocycles. The number of hydrogen-bond donors (Lipinski definition) is 1. The highest BCUT2D eigenvalue weighted by Crippen LogP contribution is 2.53. The van der Waals surface area contributed by atoms with Crippen molar-refractivity contribution in [2.75, 3.05) is 0 Å². The third kappa shape index (κ3) is 2.01. The fourth-order valence-electron chi connectivity index (χ4n) is 2.14. The first-order valence-corrected chi connectivity index (χ1v) is 5.22. The zero-order chi connectivity index (χ0) is 12.8. The first-order chi connectivity index (χ1) is 7.75. The van der Waals surface area contributed by atoms with E-state index in [4.69, 9.17) is 5.73 Å². The van der Waals surface area contributed by atoms with E-state index >= 15 is 0 Å². The Bertz CT molecular complexity index is 452. The molecule has 5 heteroatoms. The van der Waals surface area contributed by atoms with E-state index in [1.807, 2.05) is 6.92 Å². The van der Waals surface area contributed by atoms with E-state index in [-0.39, 0.29) is 5.92 Å². The number of rotatable bonds is 2. The molecule has 17 heavy (non-hydrogen) atoms. The largest absolute Gasteiger partial charge is 0.416 e. The average molecular weight is 243 g/mol. The lowest BCUT2D eigenvalue weighted by atomic mass is 9.94. The molecule has 0 aromatic heterocycles. The predicted molar refractivity (Wildman–Crippen MR) is 56.1 cm³/mol. The van der Waals surface area contributed by atoms with E-state index in [1.54, 1.807) is 0 Å². The van der Waals surface area contributed by atoms with Gasteiger partial charge in [0.05, 0.1) is 5.56 Å². The van der Waals surface area contributed by atoms with Gasteiger partial charge in [-0.2, -0.15) is 13.2 Å². The zero-order valence-electron chi connectivity index (χ0n) is 9.21. The highest BCUT2D eigenvalue weighted by Gasteiger charge is 2.54. The summed E-state index contributed by atoms with van der Waals surface area (Å²) in [5, 5.41) is 0. The summed E-state index contributed by atoms with van der Waals surface area (Å²) in [7, 11) is 0. The normalized spacial score (nSPS) is 27.9. The molecule has 2 unspecified atom stereocenters. The zero-order valence-corrected chi connectivity index (χ0v) is 9.21. The van der Waals surface area contributed by atoms with E-state index in [2.05, 4.69) is 0 Å². The number of benzene rings is 1. The van der Waals surface area contributed by atoms with Crippen molar-refractivity contribution in [2.24, 2.45) is 11.7 Å². The van der Waals surface area contributed by atoms with Crippen molar-refractivity contribution in [3.05, 3.63) is 35.4 Å². The van der Waals surface area contributed by atoms with Crippen LogP contribution in [0.25, 0.3) is 0 Å². The molecule has 1 saturated carbocycles. The lowest BCUT2D eigenvalue weighted by Crippen LogP contribution is -2.19. The van der Waals surface area contributed by atoms with Crippen molar-refractivity contribution < 1.29 is 18.0 Å². The van der Waals surface area contributed by atoms with Crippen LogP contribution >= 0.6 is 0 Å². The van der Waals surface area contributed by atoms with Crippen molar-refractivity contribution in [3.8, 4) is 0 Å². The van der Waals surface area contributed by atoms with Gasteiger partial charge < -0.3 is 5.73 Å². The average Bonchev–Trinajstić information content (AvgIpc) is 2.92. The fourth-order valence-corrected chi connectivity index (χ4v) is 2.14. The molecule has 0 aliphatic heterocycles. The Morgan fingerprint density at radius 2 is 1.88 bits per heavy atom. The molecule has 1 aromatic carbocycles. The van der Waals surface area contributed by atoms with E-state index in [0.29, 0.717) is 6.42 Å². The standard InChI is InChI=1S/C12H12F3NO/c1-11(6-9(11)10(16)17)7-2-4-8(5-3-7)12(13,14)15/h2-5,9H,6H2,1H3,(H2,16,17). The lowest BCUT2D eigenvalue weighted by Gasteiger charge is -2.12. The summed E-state index contributed by atoms with van der Waals surface area (Å²) in [5.74, 6) is -0.661. The van der Waals surface area contributed by atoms with Crippen LogP contribution in [0.15, 0.2) is 24.3 Å². The third-order valence-corrected chi connectivity index (χ3v) is 3.45. The van der Waals surface area contributed by atoms with Crippen LogP contribution in [0.3, 0.4) is 0 Å². The molecular weight excluding hydrogens is 231 g/mol. The minimum Gasteiger partial charge on any atom is -0.369 e. The van der Waals surface area contributed by atoms with Crippen LogP contribution in [-0.2, 0) is 16.4 Å². The van der Waals surface area contributed by atoms with Gasteiger partial charge in [-0.15, -0.1) is 0 Å². The number of alkyl halides is 3. The lowest BCUT2D eigenvalue weighted by molar-refractivity contribution is -0.137.